The SMILES string of the molecule is CCON=Cc1ccc2c(c1)C1=CCC=NC1N2. The Hall–Kier alpha value is -2.10. The van der Waals surface area contributed by atoms with E-state index < -0.39 is 0 Å². The molecule has 0 saturated heterocycles. The first-order valence-electron chi connectivity index (χ1n) is 6.16. The number of benzene rings is 1. The number of hydrogen-bond donors (Lipinski definition) is 1. The molecule has 1 N–H and O–H groups in total. The molecule has 92 valence electrons. The van der Waals surface area contributed by atoms with E-state index in [2.05, 4.69) is 33.7 Å². The summed E-state index contributed by atoms with van der Waals surface area (Å²) in [6.07, 6.45) is 6.91. The monoisotopic (exact) mass is 241 g/mol. The number of allylic oxidation sites excluding steroid dienone is 1. The molecule has 0 aliphatic carbocycles. The molecule has 0 saturated carbocycles. The Bertz CT molecular complexity index is 546. The minimum absolute atomic E-state index is 0.0906. The number of nitrogens with zero attached hydrogens (tertiary/aromatic N) is 2. The van der Waals surface area contributed by atoms with Crippen LogP contribution in [0.4, 0.5) is 5.69 Å². The number of hydrogen-bond acceptors (Lipinski definition) is 4. The number of nitrogens with one attached hydrogen (secondary N) is 1. The third kappa shape index (κ3) is 1.90. The lowest BCUT2D eigenvalue weighted by molar-refractivity contribution is 0.160. The van der Waals surface area contributed by atoms with Gasteiger partial charge < -0.3 is 10.2 Å². The second kappa shape index (κ2) is 4.64. The molecule has 0 aromatic heterocycles. The lowest BCUT2D eigenvalue weighted by Gasteiger charge is -2.10. The molecule has 0 spiro atoms. The fourth-order valence-electron chi connectivity index (χ4n) is 2.24. The van der Waals surface area contributed by atoms with Crippen molar-refractivity contribution in [3.63, 3.8) is 0 Å². The fraction of sp³-hybridized carbons (Fsp3) is 0.286. The van der Waals surface area contributed by atoms with Gasteiger partial charge in [-0.1, -0.05) is 17.3 Å². The number of aliphatic imine (C=N–C) groups is 1. The van der Waals surface area contributed by atoms with Gasteiger partial charge in [-0.25, -0.2) is 0 Å². The van der Waals surface area contributed by atoms with Crippen molar-refractivity contribution in [2.45, 2.75) is 19.5 Å². The second-order valence-corrected chi connectivity index (χ2v) is 4.23. The molecule has 1 unspecified atom stereocenters. The van der Waals surface area contributed by atoms with Gasteiger partial charge in [0, 0.05) is 29.5 Å². The van der Waals surface area contributed by atoms with E-state index in [4.69, 9.17) is 4.84 Å². The van der Waals surface area contributed by atoms with Crippen LogP contribution in [0, 0.1) is 0 Å². The van der Waals surface area contributed by atoms with Gasteiger partial charge in [-0.3, -0.25) is 4.99 Å². The van der Waals surface area contributed by atoms with Gasteiger partial charge in [0.1, 0.15) is 12.8 Å². The molecule has 2 aliphatic heterocycles. The molecule has 0 radical (unpaired) electrons. The van der Waals surface area contributed by atoms with E-state index in [0.717, 1.165) is 17.7 Å². The van der Waals surface area contributed by atoms with Gasteiger partial charge >= 0.3 is 0 Å². The molecular weight excluding hydrogens is 226 g/mol. The van der Waals surface area contributed by atoms with Crippen LogP contribution in [0.5, 0.6) is 0 Å². The Morgan fingerprint density at radius 3 is 3.39 bits per heavy atom. The third-order valence-electron chi connectivity index (χ3n) is 3.04. The molecule has 4 heteroatoms. The highest BCUT2D eigenvalue weighted by molar-refractivity contribution is 5.93. The summed E-state index contributed by atoms with van der Waals surface area (Å²) in [4.78, 5) is 9.43. The maximum Gasteiger partial charge on any atom is 0.144 e. The Labute approximate surface area is 106 Å². The molecule has 3 rings (SSSR count). The maximum atomic E-state index is 4.98. The molecule has 1 aromatic carbocycles. The van der Waals surface area contributed by atoms with E-state index in [1.165, 1.54) is 11.1 Å². The van der Waals surface area contributed by atoms with E-state index in [0.29, 0.717) is 6.61 Å². The highest BCUT2D eigenvalue weighted by Gasteiger charge is 2.26. The van der Waals surface area contributed by atoms with Gasteiger partial charge in [-0.05, 0) is 24.6 Å². The van der Waals surface area contributed by atoms with Crippen molar-refractivity contribution >= 4 is 23.7 Å². The van der Waals surface area contributed by atoms with Gasteiger partial charge in [0.05, 0.1) is 6.21 Å². The zero-order chi connectivity index (χ0) is 12.4. The standard InChI is InChI=1S/C14H15N3O/c1-2-18-16-9-10-5-6-13-12(8-10)11-4-3-7-15-14(11)17-13/h4-9,14,17H,2-3H2,1H3. The van der Waals surface area contributed by atoms with Crippen molar-refractivity contribution in [1.29, 1.82) is 0 Å². The number of anilines is 1. The third-order valence-corrected chi connectivity index (χ3v) is 3.04. The van der Waals surface area contributed by atoms with Crippen LogP contribution in [0.25, 0.3) is 5.57 Å². The zero-order valence-corrected chi connectivity index (χ0v) is 10.3. The van der Waals surface area contributed by atoms with Crippen molar-refractivity contribution in [2.75, 3.05) is 11.9 Å². The van der Waals surface area contributed by atoms with Gasteiger partial charge in [0.2, 0.25) is 0 Å². The minimum atomic E-state index is 0.0906. The van der Waals surface area contributed by atoms with Gasteiger partial charge in [-0.2, -0.15) is 0 Å². The topological polar surface area (TPSA) is 46.0 Å². The zero-order valence-electron chi connectivity index (χ0n) is 10.3. The molecule has 1 atom stereocenters. The first-order valence-corrected chi connectivity index (χ1v) is 6.16. The average molecular weight is 241 g/mol. The van der Waals surface area contributed by atoms with Crippen LogP contribution < -0.4 is 5.32 Å². The highest BCUT2D eigenvalue weighted by Crippen LogP contribution is 2.37. The molecule has 4 nitrogen and oxygen atoms in total. The molecule has 1 aromatic rings. The predicted molar refractivity (Wildman–Crippen MR) is 74.2 cm³/mol. The molecule has 18 heavy (non-hydrogen) atoms. The number of rotatable bonds is 3. The Morgan fingerprint density at radius 1 is 1.56 bits per heavy atom. The normalized spacial score (nSPS) is 20.3. The van der Waals surface area contributed by atoms with Crippen molar-refractivity contribution in [1.82, 2.24) is 0 Å². The van der Waals surface area contributed by atoms with Crippen molar-refractivity contribution in [3.05, 3.63) is 35.4 Å². The maximum absolute atomic E-state index is 4.98. The summed E-state index contributed by atoms with van der Waals surface area (Å²) in [5.74, 6) is 0. The highest BCUT2D eigenvalue weighted by atomic mass is 16.6. The van der Waals surface area contributed by atoms with Crippen LogP contribution >= 0.6 is 0 Å². The fourth-order valence-corrected chi connectivity index (χ4v) is 2.24. The Kier molecular flexibility index (Phi) is 2.84. The minimum Gasteiger partial charge on any atom is -0.396 e. The largest absolute Gasteiger partial charge is 0.396 e. The van der Waals surface area contributed by atoms with Gasteiger partial charge in [0.25, 0.3) is 0 Å². The van der Waals surface area contributed by atoms with Crippen LogP contribution in [-0.4, -0.2) is 25.2 Å². The lowest BCUT2D eigenvalue weighted by Crippen LogP contribution is -2.13. The van der Waals surface area contributed by atoms with E-state index in [1.807, 2.05) is 19.2 Å². The number of dihydropyridines is 1. The van der Waals surface area contributed by atoms with Crippen LogP contribution in [0.1, 0.15) is 24.5 Å². The molecular formula is C14H15N3O. The summed E-state index contributed by atoms with van der Waals surface area (Å²) in [7, 11) is 0. The van der Waals surface area contributed by atoms with Crippen molar-refractivity contribution in [3.8, 4) is 0 Å². The lowest BCUT2D eigenvalue weighted by atomic mass is 10.0. The van der Waals surface area contributed by atoms with Gasteiger partial charge in [0.15, 0.2) is 0 Å². The van der Waals surface area contributed by atoms with E-state index in [-0.39, 0.29) is 6.17 Å². The van der Waals surface area contributed by atoms with E-state index in [9.17, 15) is 0 Å². The molecule has 2 heterocycles. The van der Waals surface area contributed by atoms with Crippen LogP contribution in [-0.2, 0) is 4.84 Å². The van der Waals surface area contributed by atoms with E-state index >= 15 is 0 Å². The Morgan fingerprint density at radius 2 is 2.50 bits per heavy atom. The molecule has 2 aliphatic rings. The van der Waals surface area contributed by atoms with Crippen LogP contribution in [0.15, 0.2) is 34.4 Å². The number of oxime groups is 1. The quantitative estimate of drug-likeness (QED) is 0.653. The summed E-state index contributed by atoms with van der Waals surface area (Å²) >= 11 is 0. The van der Waals surface area contributed by atoms with Crippen molar-refractivity contribution in [2.24, 2.45) is 10.1 Å². The summed E-state index contributed by atoms with van der Waals surface area (Å²) in [5, 5.41) is 7.28. The smallest absolute Gasteiger partial charge is 0.144 e. The summed E-state index contributed by atoms with van der Waals surface area (Å²) in [6, 6.07) is 6.21. The summed E-state index contributed by atoms with van der Waals surface area (Å²) in [6.45, 7) is 2.50. The number of fused-ring (bicyclic) bond motifs is 3. The van der Waals surface area contributed by atoms with Crippen molar-refractivity contribution < 1.29 is 4.84 Å². The summed E-state index contributed by atoms with van der Waals surface area (Å²) in [5.41, 5.74) is 4.66. The summed E-state index contributed by atoms with van der Waals surface area (Å²) < 4.78 is 0. The molecule has 0 bridgehead atoms. The first-order chi connectivity index (χ1) is 8.88. The molecule has 0 fully saturated rings. The van der Waals surface area contributed by atoms with Crippen LogP contribution in [0.3, 0.4) is 0 Å². The predicted octanol–water partition coefficient (Wildman–Crippen LogP) is 2.67. The van der Waals surface area contributed by atoms with Gasteiger partial charge in [-0.15, -0.1) is 0 Å². The molecule has 0 amide bonds. The second-order valence-electron chi connectivity index (χ2n) is 4.23. The first kappa shape index (κ1) is 11.0. The Balaban J connectivity index is 1.90. The van der Waals surface area contributed by atoms with Crippen LogP contribution in [0.2, 0.25) is 0 Å². The average Bonchev–Trinajstić information content (AvgIpc) is 2.77. The van der Waals surface area contributed by atoms with E-state index in [1.54, 1.807) is 6.21 Å².